The number of aryl methyl sites for hydroxylation is 1. The molecule has 0 radical (unpaired) electrons. The monoisotopic (exact) mass is 207 g/mol. The van der Waals surface area contributed by atoms with Crippen LogP contribution in [0, 0.1) is 6.92 Å². The average Bonchev–Trinajstić information content (AvgIpc) is 2.76. The lowest BCUT2D eigenvalue weighted by molar-refractivity contribution is 0.101. The highest BCUT2D eigenvalue weighted by Crippen LogP contribution is 1.99. The summed E-state index contributed by atoms with van der Waals surface area (Å²) in [6.07, 6.45) is 1.55. The van der Waals surface area contributed by atoms with Gasteiger partial charge in [0.05, 0.1) is 6.20 Å². The normalized spacial score (nSPS) is 10.5. The van der Waals surface area contributed by atoms with Crippen molar-refractivity contribution in [2.45, 2.75) is 20.4 Å². The van der Waals surface area contributed by atoms with Crippen molar-refractivity contribution in [3.63, 3.8) is 0 Å². The largest absolute Gasteiger partial charge is 0.340 e. The zero-order valence-electron chi connectivity index (χ0n) is 8.34. The van der Waals surface area contributed by atoms with E-state index < -0.39 is 0 Å². The molecule has 0 saturated heterocycles. The number of aromatic nitrogens is 5. The average molecular weight is 207 g/mol. The van der Waals surface area contributed by atoms with Crippen LogP contribution in [0.15, 0.2) is 10.7 Å². The van der Waals surface area contributed by atoms with E-state index in [-0.39, 0.29) is 5.78 Å². The van der Waals surface area contributed by atoms with Gasteiger partial charge in [0.2, 0.25) is 5.89 Å². The molecular formula is C8H9N5O2. The van der Waals surface area contributed by atoms with Crippen molar-refractivity contribution in [2.24, 2.45) is 0 Å². The quantitative estimate of drug-likeness (QED) is 0.669. The molecular weight excluding hydrogens is 198 g/mol. The summed E-state index contributed by atoms with van der Waals surface area (Å²) in [6, 6.07) is 0. The van der Waals surface area contributed by atoms with Gasteiger partial charge in [-0.1, -0.05) is 10.4 Å². The Morgan fingerprint density at radius 1 is 1.60 bits per heavy atom. The number of hydrogen-bond acceptors (Lipinski definition) is 6. The van der Waals surface area contributed by atoms with Crippen LogP contribution in [0.1, 0.15) is 29.1 Å². The Balaban J connectivity index is 2.14. The molecule has 2 rings (SSSR count). The second-order valence-corrected chi connectivity index (χ2v) is 3.09. The van der Waals surface area contributed by atoms with Crippen LogP contribution in [-0.2, 0) is 6.54 Å². The van der Waals surface area contributed by atoms with Gasteiger partial charge in [0.25, 0.3) is 0 Å². The smallest absolute Gasteiger partial charge is 0.223 e. The van der Waals surface area contributed by atoms with Crippen molar-refractivity contribution in [3.8, 4) is 0 Å². The molecule has 0 aliphatic rings. The van der Waals surface area contributed by atoms with Crippen LogP contribution in [0.4, 0.5) is 0 Å². The maximum absolute atomic E-state index is 10.9. The topological polar surface area (TPSA) is 86.7 Å². The van der Waals surface area contributed by atoms with Crippen molar-refractivity contribution in [1.29, 1.82) is 0 Å². The SMILES string of the molecule is CC(=O)c1cn(Cc2noc(C)n2)nn1. The Labute approximate surface area is 85.1 Å². The maximum Gasteiger partial charge on any atom is 0.223 e. The number of hydrogen-bond donors (Lipinski definition) is 0. The van der Waals surface area contributed by atoms with Gasteiger partial charge in [-0.3, -0.25) is 4.79 Å². The van der Waals surface area contributed by atoms with E-state index >= 15 is 0 Å². The lowest BCUT2D eigenvalue weighted by Crippen LogP contribution is -2.02. The standard InChI is InChI=1S/C8H9N5O2/c1-5(14)7-3-13(12-10-7)4-8-9-6(2)15-11-8/h3H,4H2,1-2H3. The number of Topliss-reactive ketones (excluding diaryl/α,β-unsaturated/α-hetero) is 1. The second-order valence-electron chi connectivity index (χ2n) is 3.09. The number of rotatable bonds is 3. The molecule has 2 heterocycles. The van der Waals surface area contributed by atoms with Crippen molar-refractivity contribution >= 4 is 5.78 Å². The summed E-state index contributed by atoms with van der Waals surface area (Å²) in [7, 11) is 0. The van der Waals surface area contributed by atoms with E-state index in [4.69, 9.17) is 4.52 Å². The van der Waals surface area contributed by atoms with Crippen LogP contribution in [0.3, 0.4) is 0 Å². The van der Waals surface area contributed by atoms with Crippen molar-refractivity contribution in [1.82, 2.24) is 25.1 Å². The lowest BCUT2D eigenvalue weighted by Gasteiger charge is -1.91. The number of nitrogens with zero attached hydrogens (tertiary/aromatic N) is 5. The number of carbonyl (C=O) groups excluding carboxylic acids is 1. The molecule has 0 spiro atoms. The van der Waals surface area contributed by atoms with E-state index in [0.29, 0.717) is 24.0 Å². The van der Waals surface area contributed by atoms with Gasteiger partial charge in [0, 0.05) is 13.8 Å². The van der Waals surface area contributed by atoms with Crippen molar-refractivity contribution < 1.29 is 9.32 Å². The Hall–Kier alpha value is -2.05. The first-order valence-corrected chi connectivity index (χ1v) is 4.35. The third-order valence-corrected chi connectivity index (χ3v) is 1.77. The van der Waals surface area contributed by atoms with Crippen molar-refractivity contribution in [3.05, 3.63) is 23.6 Å². The van der Waals surface area contributed by atoms with Gasteiger partial charge in [-0.05, 0) is 0 Å². The van der Waals surface area contributed by atoms with Gasteiger partial charge in [-0.25, -0.2) is 4.68 Å². The van der Waals surface area contributed by atoms with Crippen LogP contribution in [0.25, 0.3) is 0 Å². The van der Waals surface area contributed by atoms with E-state index in [2.05, 4.69) is 20.5 Å². The van der Waals surface area contributed by atoms with E-state index in [0.717, 1.165) is 0 Å². The summed E-state index contributed by atoms with van der Waals surface area (Å²) in [5.41, 5.74) is 0.329. The van der Waals surface area contributed by atoms with Crippen LogP contribution < -0.4 is 0 Å². The zero-order chi connectivity index (χ0) is 10.8. The van der Waals surface area contributed by atoms with Crippen LogP contribution in [0.5, 0.6) is 0 Å². The highest BCUT2D eigenvalue weighted by molar-refractivity contribution is 5.91. The van der Waals surface area contributed by atoms with Gasteiger partial charge in [0.15, 0.2) is 11.6 Å². The summed E-state index contributed by atoms with van der Waals surface area (Å²) in [4.78, 5) is 15.0. The zero-order valence-corrected chi connectivity index (χ0v) is 8.34. The Bertz CT molecular complexity index is 487. The molecule has 0 aliphatic carbocycles. The van der Waals surface area contributed by atoms with E-state index in [9.17, 15) is 4.79 Å². The molecule has 0 saturated carbocycles. The van der Waals surface area contributed by atoms with Crippen LogP contribution in [0.2, 0.25) is 0 Å². The molecule has 0 amide bonds. The molecule has 0 aliphatic heterocycles. The summed E-state index contributed by atoms with van der Waals surface area (Å²) in [5.74, 6) is 0.884. The van der Waals surface area contributed by atoms with E-state index in [1.54, 1.807) is 13.1 Å². The fourth-order valence-electron chi connectivity index (χ4n) is 1.09. The third kappa shape index (κ3) is 2.06. The summed E-state index contributed by atoms with van der Waals surface area (Å²) < 4.78 is 6.29. The molecule has 2 aromatic rings. The molecule has 0 N–H and O–H groups in total. The van der Waals surface area contributed by atoms with Crippen molar-refractivity contribution in [2.75, 3.05) is 0 Å². The first-order chi connectivity index (χ1) is 7.15. The minimum absolute atomic E-state index is 0.120. The first-order valence-electron chi connectivity index (χ1n) is 4.35. The van der Waals surface area contributed by atoms with Crippen LogP contribution in [-0.4, -0.2) is 30.9 Å². The van der Waals surface area contributed by atoms with Gasteiger partial charge in [-0.2, -0.15) is 4.98 Å². The minimum Gasteiger partial charge on any atom is -0.340 e. The Morgan fingerprint density at radius 2 is 2.40 bits per heavy atom. The summed E-state index contributed by atoms with van der Waals surface area (Å²) >= 11 is 0. The number of carbonyl (C=O) groups is 1. The molecule has 7 nitrogen and oxygen atoms in total. The Morgan fingerprint density at radius 3 is 2.93 bits per heavy atom. The van der Waals surface area contributed by atoms with E-state index in [1.807, 2.05) is 0 Å². The van der Waals surface area contributed by atoms with Crippen LogP contribution >= 0.6 is 0 Å². The van der Waals surface area contributed by atoms with Gasteiger partial charge < -0.3 is 4.52 Å². The summed E-state index contributed by atoms with van der Waals surface area (Å²) in [5, 5.41) is 11.2. The predicted octanol–water partition coefficient (Wildman–Crippen LogP) is 0.220. The fraction of sp³-hybridized carbons (Fsp3) is 0.375. The molecule has 15 heavy (non-hydrogen) atoms. The first kappa shape index (κ1) is 9.50. The highest BCUT2D eigenvalue weighted by atomic mass is 16.5. The molecule has 0 unspecified atom stereocenters. The minimum atomic E-state index is -0.120. The molecule has 2 aromatic heterocycles. The van der Waals surface area contributed by atoms with Gasteiger partial charge in [-0.15, -0.1) is 5.10 Å². The third-order valence-electron chi connectivity index (χ3n) is 1.77. The summed E-state index contributed by atoms with van der Waals surface area (Å²) in [6.45, 7) is 3.49. The van der Waals surface area contributed by atoms with Gasteiger partial charge in [0.1, 0.15) is 12.2 Å². The molecule has 0 bridgehead atoms. The maximum atomic E-state index is 10.9. The molecule has 0 aromatic carbocycles. The number of ketones is 1. The highest BCUT2D eigenvalue weighted by Gasteiger charge is 2.08. The predicted molar refractivity (Wildman–Crippen MR) is 48.2 cm³/mol. The molecule has 7 heteroatoms. The van der Waals surface area contributed by atoms with Gasteiger partial charge >= 0.3 is 0 Å². The molecule has 0 atom stereocenters. The lowest BCUT2D eigenvalue weighted by atomic mass is 10.3. The fourth-order valence-corrected chi connectivity index (χ4v) is 1.09. The second kappa shape index (κ2) is 3.60. The Kier molecular flexibility index (Phi) is 2.28. The molecule has 78 valence electrons. The van der Waals surface area contributed by atoms with E-state index in [1.165, 1.54) is 11.6 Å². The molecule has 0 fully saturated rings.